The van der Waals surface area contributed by atoms with Crippen molar-refractivity contribution < 1.29 is 9.53 Å². The summed E-state index contributed by atoms with van der Waals surface area (Å²) in [6.07, 6.45) is 0.773. The van der Waals surface area contributed by atoms with E-state index in [-0.39, 0.29) is 12.1 Å². The van der Waals surface area contributed by atoms with Gasteiger partial charge in [-0.2, -0.15) is 0 Å². The minimum absolute atomic E-state index is 0.0835. The van der Waals surface area contributed by atoms with Crippen molar-refractivity contribution in [1.29, 1.82) is 0 Å². The number of benzene rings is 1. The number of hydrogen-bond acceptors (Lipinski definition) is 3. The maximum atomic E-state index is 11.9. The van der Waals surface area contributed by atoms with Crippen molar-refractivity contribution in [3.8, 4) is 0 Å². The van der Waals surface area contributed by atoms with E-state index in [0.29, 0.717) is 17.2 Å². The van der Waals surface area contributed by atoms with Crippen molar-refractivity contribution in [1.82, 2.24) is 0 Å². The zero-order valence-electron chi connectivity index (χ0n) is 10.4. The number of carbonyl (C=O) groups excluding carboxylic acids is 1. The van der Waals surface area contributed by atoms with Crippen LogP contribution >= 0.6 is 22.6 Å². The molecule has 0 fully saturated rings. The third-order valence-corrected chi connectivity index (χ3v) is 3.02. The van der Waals surface area contributed by atoms with E-state index in [4.69, 9.17) is 10.5 Å². The summed E-state index contributed by atoms with van der Waals surface area (Å²) in [5.41, 5.74) is 6.68. The highest BCUT2D eigenvalue weighted by atomic mass is 127. The zero-order valence-corrected chi connectivity index (χ0v) is 12.5. The average molecular weight is 347 g/mol. The van der Waals surface area contributed by atoms with Gasteiger partial charge in [0, 0.05) is 9.26 Å². The van der Waals surface area contributed by atoms with Crippen LogP contribution in [0.5, 0.6) is 0 Å². The fraction of sp³-hybridized carbons (Fsp3) is 0.462. The summed E-state index contributed by atoms with van der Waals surface area (Å²) in [5.74, 6) is 0.167. The van der Waals surface area contributed by atoms with Crippen LogP contribution in [0.1, 0.15) is 37.6 Å². The molecule has 0 aliphatic rings. The van der Waals surface area contributed by atoms with Gasteiger partial charge in [-0.15, -0.1) is 0 Å². The van der Waals surface area contributed by atoms with E-state index in [1.807, 2.05) is 13.0 Å². The lowest BCUT2D eigenvalue weighted by atomic mass is 10.1. The van der Waals surface area contributed by atoms with Gasteiger partial charge >= 0.3 is 5.97 Å². The Hall–Kier alpha value is -0.780. The molecule has 0 aliphatic carbocycles. The van der Waals surface area contributed by atoms with E-state index in [9.17, 15) is 4.79 Å². The van der Waals surface area contributed by atoms with Gasteiger partial charge in [0.1, 0.15) is 0 Å². The molecule has 0 aromatic heterocycles. The fourth-order valence-corrected chi connectivity index (χ4v) is 2.15. The van der Waals surface area contributed by atoms with E-state index in [1.165, 1.54) is 0 Å². The Morgan fingerprint density at radius 1 is 1.41 bits per heavy atom. The Kier molecular flexibility index (Phi) is 5.24. The monoisotopic (exact) mass is 347 g/mol. The number of carbonyl (C=O) groups is 1. The lowest BCUT2D eigenvalue weighted by Gasteiger charge is -2.16. The van der Waals surface area contributed by atoms with Crippen LogP contribution in [0, 0.1) is 9.49 Å². The molecule has 1 aromatic rings. The van der Waals surface area contributed by atoms with Crippen LogP contribution in [0.3, 0.4) is 0 Å². The second kappa shape index (κ2) is 6.23. The first kappa shape index (κ1) is 14.3. The summed E-state index contributed by atoms with van der Waals surface area (Å²) in [4.78, 5) is 11.9. The van der Waals surface area contributed by atoms with Crippen molar-refractivity contribution >= 4 is 34.2 Å². The minimum atomic E-state index is -0.339. The Balaban J connectivity index is 2.73. The van der Waals surface area contributed by atoms with Crippen molar-refractivity contribution in [3.63, 3.8) is 0 Å². The maximum absolute atomic E-state index is 11.9. The van der Waals surface area contributed by atoms with E-state index in [0.717, 1.165) is 9.99 Å². The molecule has 3 nitrogen and oxygen atoms in total. The van der Waals surface area contributed by atoms with E-state index >= 15 is 0 Å². The van der Waals surface area contributed by atoms with Crippen LogP contribution in [0.4, 0.5) is 5.69 Å². The molecule has 0 spiro atoms. The van der Waals surface area contributed by atoms with E-state index in [2.05, 4.69) is 36.4 Å². The number of esters is 1. The van der Waals surface area contributed by atoms with Gasteiger partial charge < -0.3 is 10.5 Å². The summed E-state index contributed by atoms with van der Waals surface area (Å²) >= 11 is 2.15. The highest BCUT2D eigenvalue weighted by Crippen LogP contribution is 2.18. The molecule has 94 valence electrons. The molecule has 0 saturated heterocycles. The largest absolute Gasteiger partial charge is 0.459 e. The molecule has 0 bridgehead atoms. The summed E-state index contributed by atoms with van der Waals surface area (Å²) in [6.45, 7) is 6.11. The average Bonchev–Trinajstić information content (AvgIpc) is 2.20. The van der Waals surface area contributed by atoms with Gasteiger partial charge in [-0.1, -0.05) is 13.8 Å². The predicted molar refractivity (Wildman–Crippen MR) is 77.9 cm³/mol. The first-order valence-corrected chi connectivity index (χ1v) is 6.74. The van der Waals surface area contributed by atoms with Crippen LogP contribution in [0.2, 0.25) is 0 Å². The molecule has 4 heteroatoms. The number of rotatable bonds is 4. The van der Waals surface area contributed by atoms with Gasteiger partial charge in [0.05, 0.1) is 11.7 Å². The van der Waals surface area contributed by atoms with Crippen molar-refractivity contribution in [2.45, 2.75) is 33.3 Å². The molecule has 0 amide bonds. The Labute approximate surface area is 116 Å². The van der Waals surface area contributed by atoms with Gasteiger partial charge in [0.2, 0.25) is 0 Å². The molecule has 0 radical (unpaired) electrons. The Morgan fingerprint density at radius 3 is 2.65 bits per heavy atom. The molecular formula is C13H18INO2. The third kappa shape index (κ3) is 4.53. The maximum Gasteiger partial charge on any atom is 0.340 e. The first-order chi connectivity index (χ1) is 7.90. The third-order valence-electron chi connectivity index (χ3n) is 2.35. The highest BCUT2D eigenvalue weighted by Gasteiger charge is 2.15. The van der Waals surface area contributed by atoms with E-state index in [1.54, 1.807) is 12.1 Å². The van der Waals surface area contributed by atoms with Gasteiger partial charge in [-0.05, 0) is 60.1 Å². The molecule has 17 heavy (non-hydrogen) atoms. The van der Waals surface area contributed by atoms with Crippen LogP contribution in [0.15, 0.2) is 18.2 Å². The second-order valence-electron chi connectivity index (χ2n) is 4.58. The molecule has 1 atom stereocenters. The SMILES string of the molecule is CC(C)CC(C)OC(=O)c1cc(I)ccc1N. The van der Waals surface area contributed by atoms with Crippen molar-refractivity contribution in [2.24, 2.45) is 5.92 Å². The molecule has 1 aromatic carbocycles. The van der Waals surface area contributed by atoms with Gasteiger partial charge in [0.15, 0.2) is 0 Å². The normalized spacial score (nSPS) is 12.5. The fourth-order valence-electron chi connectivity index (χ4n) is 1.66. The van der Waals surface area contributed by atoms with Gasteiger partial charge in [-0.3, -0.25) is 0 Å². The topological polar surface area (TPSA) is 52.3 Å². The molecule has 2 N–H and O–H groups in total. The lowest BCUT2D eigenvalue weighted by Crippen LogP contribution is -2.18. The quantitative estimate of drug-likeness (QED) is 0.516. The smallest absolute Gasteiger partial charge is 0.340 e. The summed E-state index contributed by atoms with van der Waals surface area (Å²) in [5, 5.41) is 0. The van der Waals surface area contributed by atoms with Crippen LogP contribution in [0.25, 0.3) is 0 Å². The zero-order chi connectivity index (χ0) is 13.0. The van der Waals surface area contributed by atoms with E-state index < -0.39 is 0 Å². The molecule has 0 aliphatic heterocycles. The number of hydrogen-bond donors (Lipinski definition) is 1. The molecule has 0 saturated carbocycles. The van der Waals surface area contributed by atoms with Crippen LogP contribution < -0.4 is 5.73 Å². The first-order valence-electron chi connectivity index (χ1n) is 5.66. The molecule has 1 rings (SSSR count). The summed E-state index contributed by atoms with van der Waals surface area (Å²) in [7, 11) is 0. The number of halogens is 1. The number of ether oxygens (including phenoxy) is 1. The summed E-state index contributed by atoms with van der Waals surface area (Å²) in [6, 6.07) is 5.34. The highest BCUT2D eigenvalue weighted by molar-refractivity contribution is 14.1. The number of nitrogen functional groups attached to an aromatic ring is 1. The lowest BCUT2D eigenvalue weighted by molar-refractivity contribution is 0.0301. The standard InChI is InChI=1S/C13H18INO2/c1-8(2)6-9(3)17-13(16)11-7-10(14)4-5-12(11)15/h4-5,7-9H,6,15H2,1-3H3. The van der Waals surface area contributed by atoms with Crippen LogP contribution in [-0.2, 0) is 4.74 Å². The minimum Gasteiger partial charge on any atom is -0.459 e. The van der Waals surface area contributed by atoms with Gasteiger partial charge in [0.25, 0.3) is 0 Å². The second-order valence-corrected chi connectivity index (χ2v) is 5.82. The summed E-state index contributed by atoms with van der Waals surface area (Å²) < 4.78 is 6.33. The molecular weight excluding hydrogens is 329 g/mol. The number of anilines is 1. The van der Waals surface area contributed by atoms with Gasteiger partial charge in [-0.25, -0.2) is 4.79 Å². The molecule has 1 unspecified atom stereocenters. The van der Waals surface area contributed by atoms with Crippen LogP contribution in [-0.4, -0.2) is 12.1 Å². The van der Waals surface area contributed by atoms with Crippen molar-refractivity contribution in [3.05, 3.63) is 27.3 Å². The molecule has 0 heterocycles. The Bertz CT molecular complexity index is 404. The Morgan fingerprint density at radius 2 is 2.06 bits per heavy atom. The number of nitrogens with two attached hydrogens (primary N) is 1. The predicted octanol–water partition coefficient (Wildman–Crippen LogP) is 3.46. The van der Waals surface area contributed by atoms with Crippen molar-refractivity contribution in [2.75, 3.05) is 5.73 Å².